The summed E-state index contributed by atoms with van der Waals surface area (Å²) in [5.74, 6) is 1.10. The van der Waals surface area contributed by atoms with Crippen molar-refractivity contribution >= 4 is 5.91 Å². The zero-order valence-corrected chi connectivity index (χ0v) is 14.9. The van der Waals surface area contributed by atoms with E-state index in [4.69, 9.17) is 4.74 Å². The summed E-state index contributed by atoms with van der Waals surface area (Å²) in [4.78, 5) is 19.1. The number of rotatable bonds is 5. The number of hydrogen-bond donors (Lipinski definition) is 0. The van der Waals surface area contributed by atoms with Crippen molar-refractivity contribution in [3.8, 4) is 5.75 Å². The van der Waals surface area contributed by atoms with Crippen LogP contribution in [0.2, 0.25) is 0 Å². The maximum absolute atomic E-state index is 12.9. The number of hydrogen-bond acceptors (Lipinski definition) is 3. The van der Waals surface area contributed by atoms with E-state index < -0.39 is 0 Å². The topological polar surface area (TPSA) is 42.4 Å². The number of aryl methyl sites for hydroxylation is 1. The Kier molecular flexibility index (Phi) is 6.04. The molecule has 4 nitrogen and oxygen atoms in total. The van der Waals surface area contributed by atoms with Gasteiger partial charge in [-0.15, -0.1) is 0 Å². The van der Waals surface area contributed by atoms with Gasteiger partial charge in [0, 0.05) is 25.4 Å². The Morgan fingerprint density at radius 1 is 1.20 bits per heavy atom. The van der Waals surface area contributed by atoms with Crippen molar-refractivity contribution in [1.82, 2.24) is 9.88 Å². The fourth-order valence-corrected chi connectivity index (χ4v) is 3.52. The van der Waals surface area contributed by atoms with E-state index in [1.165, 1.54) is 18.4 Å². The van der Waals surface area contributed by atoms with E-state index in [2.05, 4.69) is 22.0 Å². The molecule has 2 aromatic rings. The molecule has 0 radical (unpaired) electrons. The Morgan fingerprint density at radius 3 is 2.76 bits per heavy atom. The minimum Gasteiger partial charge on any atom is -0.497 e. The van der Waals surface area contributed by atoms with Crippen LogP contribution in [0.3, 0.4) is 0 Å². The summed E-state index contributed by atoms with van der Waals surface area (Å²) >= 11 is 0. The molecule has 1 aromatic carbocycles. The van der Waals surface area contributed by atoms with Crippen LogP contribution in [0.25, 0.3) is 0 Å². The average molecular weight is 338 g/mol. The number of aromatic nitrogens is 1. The van der Waals surface area contributed by atoms with Crippen LogP contribution >= 0.6 is 0 Å². The highest BCUT2D eigenvalue weighted by molar-refractivity contribution is 5.77. The fraction of sp³-hybridized carbons (Fsp3) is 0.429. The molecule has 1 aliphatic rings. The van der Waals surface area contributed by atoms with Gasteiger partial charge >= 0.3 is 0 Å². The van der Waals surface area contributed by atoms with E-state index in [0.29, 0.717) is 6.42 Å². The first-order chi connectivity index (χ1) is 12.3. The van der Waals surface area contributed by atoms with E-state index in [1.54, 1.807) is 13.3 Å². The molecule has 1 atom stereocenters. The molecular weight excluding hydrogens is 312 g/mol. The van der Waals surface area contributed by atoms with E-state index in [1.807, 2.05) is 30.5 Å². The SMILES string of the molecule is COc1ccc(C2CCCCCN2C(=O)CCc2cccnc2)cc1. The van der Waals surface area contributed by atoms with Crippen molar-refractivity contribution in [2.24, 2.45) is 0 Å². The minimum atomic E-state index is 0.176. The van der Waals surface area contributed by atoms with Gasteiger partial charge in [0.25, 0.3) is 0 Å². The molecule has 0 spiro atoms. The Bertz CT molecular complexity index is 670. The standard InChI is InChI=1S/C21H26N2O2/c1-25-19-11-9-18(10-12-19)20-7-3-2-4-15-23(20)21(24)13-8-17-6-5-14-22-16-17/h5-6,9-12,14,16,20H,2-4,7-8,13,15H2,1H3. The molecule has 1 amide bonds. The van der Waals surface area contributed by atoms with Crippen LogP contribution in [0.4, 0.5) is 0 Å². The molecule has 0 N–H and O–H groups in total. The van der Waals surface area contributed by atoms with Gasteiger partial charge in [-0.1, -0.05) is 31.0 Å². The fourth-order valence-electron chi connectivity index (χ4n) is 3.52. The number of carbonyl (C=O) groups is 1. The van der Waals surface area contributed by atoms with Gasteiger partial charge in [0.05, 0.1) is 13.2 Å². The number of methoxy groups -OCH3 is 1. The van der Waals surface area contributed by atoms with Gasteiger partial charge in [0.2, 0.25) is 5.91 Å². The van der Waals surface area contributed by atoms with Crippen LogP contribution in [0.1, 0.15) is 49.3 Å². The van der Waals surface area contributed by atoms with Crippen LogP contribution in [0, 0.1) is 0 Å². The summed E-state index contributed by atoms with van der Waals surface area (Å²) < 4.78 is 5.26. The van der Waals surface area contributed by atoms with E-state index >= 15 is 0 Å². The van der Waals surface area contributed by atoms with Crippen LogP contribution in [0.15, 0.2) is 48.8 Å². The lowest BCUT2D eigenvalue weighted by Crippen LogP contribution is -2.35. The summed E-state index contributed by atoms with van der Waals surface area (Å²) in [6.07, 6.45) is 9.38. The summed E-state index contributed by atoms with van der Waals surface area (Å²) in [6.45, 7) is 0.850. The van der Waals surface area contributed by atoms with Gasteiger partial charge in [-0.05, 0) is 48.6 Å². The van der Waals surface area contributed by atoms with E-state index in [0.717, 1.165) is 37.1 Å². The third-order valence-electron chi connectivity index (χ3n) is 4.92. The lowest BCUT2D eigenvalue weighted by Gasteiger charge is -2.31. The summed E-state index contributed by atoms with van der Waals surface area (Å²) in [7, 11) is 1.68. The Balaban J connectivity index is 1.71. The highest BCUT2D eigenvalue weighted by Gasteiger charge is 2.26. The smallest absolute Gasteiger partial charge is 0.223 e. The highest BCUT2D eigenvalue weighted by atomic mass is 16.5. The van der Waals surface area contributed by atoms with Crippen LogP contribution in [0.5, 0.6) is 5.75 Å². The normalized spacial score (nSPS) is 17.8. The van der Waals surface area contributed by atoms with Gasteiger partial charge in [-0.25, -0.2) is 0 Å². The van der Waals surface area contributed by atoms with Crippen LogP contribution in [-0.4, -0.2) is 29.4 Å². The maximum atomic E-state index is 12.9. The molecule has 25 heavy (non-hydrogen) atoms. The molecule has 0 saturated carbocycles. The van der Waals surface area contributed by atoms with Gasteiger partial charge < -0.3 is 9.64 Å². The first-order valence-corrected chi connectivity index (χ1v) is 9.10. The first-order valence-electron chi connectivity index (χ1n) is 9.10. The molecule has 2 heterocycles. The summed E-state index contributed by atoms with van der Waals surface area (Å²) in [5.41, 5.74) is 2.32. The summed E-state index contributed by atoms with van der Waals surface area (Å²) in [5, 5.41) is 0. The quantitative estimate of drug-likeness (QED) is 0.822. The number of benzene rings is 1. The van der Waals surface area contributed by atoms with Gasteiger partial charge in [0.15, 0.2) is 0 Å². The molecule has 0 aliphatic carbocycles. The van der Waals surface area contributed by atoms with Gasteiger partial charge in [-0.2, -0.15) is 0 Å². The van der Waals surface area contributed by atoms with E-state index in [-0.39, 0.29) is 11.9 Å². The molecule has 132 valence electrons. The Morgan fingerprint density at radius 2 is 2.04 bits per heavy atom. The monoisotopic (exact) mass is 338 g/mol. The van der Waals surface area contributed by atoms with Crippen molar-refractivity contribution in [2.75, 3.05) is 13.7 Å². The molecule has 1 fully saturated rings. The lowest BCUT2D eigenvalue weighted by molar-refractivity contribution is -0.133. The van der Waals surface area contributed by atoms with Gasteiger partial charge in [-0.3, -0.25) is 9.78 Å². The number of likely N-dealkylation sites (tertiary alicyclic amines) is 1. The second kappa shape index (κ2) is 8.65. The van der Waals surface area contributed by atoms with Gasteiger partial charge in [0.1, 0.15) is 5.75 Å². The number of nitrogens with zero attached hydrogens (tertiary/aromatic N) is 2. The molecule has 1 saturated heterocycles. The van der Waals surface area contributed by atoms with Crippen LogP contribution in [-0.2, 0) is 11.2 Å². The second-order valence-electron chi connectivity index (χ2n) is 6.59. The number of amides is 1. The van der Waals surface area contributed by atoms with Crippen molar-refractivity contribution in [2.45, 2.75) is 44.6 Å². The van der Waals surface area contributed by atoms with Crippen molar-refractivity contribution in [3.63, 3.8) is 0 Å². The largest absolute Gasteiger partial charge is 0.497 e. The number of ether oxygens (including phenoxy) is 1. The second-order valence-corrected chi connectivity index (χ2v) is 6.59. The molecule has 1 aromatic heterocycles. The predicted octanol–water partition coefficient (Wildman–Crippen LogP) is 4.17. The number of pyridine rings is 1. The first kappa shape index (κ1) is 17.5. The van der Waals surface area contributed by atoms with Crippen molar-refractivity contribution in [1.29, 1.82) is 0 Å². The molecular formula is C21H26N2O2. The van der Waals surface area contributed by atoms with Crippen LogP contribution < -0.4 is 4.74 Å². The molecule has 1 unspecified atom stereocenters. The molecule has 1 aliphatic heterocycles. The summed E-state index contributed by atoms with van der Waals surface area (Å²) in [6, 6.07) is 12.3. The molecule has 4 heteroatoms. The number of carbonyl (C=O) groups excluding carboxylic acids is 1. The predicted molar refractivity (Wildman–Crippen MR) is 98.5 cm³/mol. The zero-order chi connectivity index (χ0) is 17.5. The lowest BCUT2D eigenvalue weighted by atomic mass is 10.00. The molecule has 3 rings (SSSR count). The van der Waals surface area contributed by atoms with E-state index in [9.17, 15) is 4.79 Å². The van der Waals surface area contributed by atoms with Crippen molar-refractivity contribution in [3.05, 3.63) is 59.9 Å². The minimum absolute atomic E-state index is 0.176. The zero-order valence-electron chi connectivity index (χ0n) is 14.9. The Labute approximate surface area is 149 Å². The third-order valence-corrected chi connectivity index (χ3v) is 4.92. The van der Waals surface area contributed by atoms with Crippen molar-refractivity contribution < 1.29 is 9.53 Å². The Hall–Kier alpha value is -2.36. The third kappa shape index (κ3) is 4.59. The maximum Gasteiger partial charge on any atom is 0.223 e. The molecule has 0 bridgehead atoms. The highest BCUT2D eigenvalue weighted by Crippen LogP contribution is 2.31. The average Bonchev–Trinajstić information content (AvgIpc) is 2.93.